The van der Waals surface area contributed by atoms with Gasteiger partial charge in [-0.05, 0) is 71.2 Å². The van der Waals surface area contributed by atoms with E-state index in [1.165, 1.54) is 0 Å². The maximum absolute atomic E-state index is 12.4. The van der Waals surface area contributed by atoms with Crippen molar-refractivity contribution in [1.29, 1.82) is 0 Å². The summed E-state index contributed by atoms with van der Waals surface area (Å²) >= 11 is 0. The fourth-order valence-corrected chi connectivity index (χ4v) is 3.54. The molecule has 4 rings (SSSR count). The molecule has 0 spiro atoms. The van der Waals surface area contributed by atoms with Gasteiger partial charge in [-0.3, -0.25) is 5.32 Å². The minimum absolute atomic E-state index is 0.523. The molecule has 0 saturated heterocycles. The lowest BCUT2D eigenvalue weighted by Crippen LogP contribution is -2.27. The highest BCUT2D eigenvalue weighted by molar-refractivity contribution is 5.92. The summed E-state index contributed by atoms with van der Waals surface area (Å²) in [4.78, 5) is 25.5. The number of hydrogen-bond donors (Lipinski definition) is 2. The van der Waals surface area contributed by atoms with Gasteiger partial charge >= 0.3 is 6.09 Å². The highest BCUT2D eigenvalue weighted by Gasteiger charge is 2.18. The Bertz CT molecular complexity index is 1450. The van der Waals surface area contributed by atoms with E-state index in [1.807, 2.05) is 71.1 Å². The zero-order valence-corrected chi connectivity index (χ0v) is 20.6. The van der Waals surface area contributed by atoms with Crippen LogP contribution in [0.25, 0.3) is 16.6 Å². The zero-order chi connectivity index (χ0) is 25.2. The summed E-state index contributed by atoms with van der Waals surface area (Å²) in [6, 6.07) is 9.53. The Kier molecular flexibility index (Phi) is 6.38. The van der Waals surface area contributed by atoms with Crippen molar-refractivity contribution in [3.05, 3.63) is 59.9 Å². The molecule has 0 aliphatic rings. The topological polar surface area (TPSA) is 106 Å². The number of hydrogen-bond acceptors (Lipinski definition) is 7. The second kappa shape index (κ2) is 9.43. The first-order chi connectivity index (χ1) is 16.6. The van der Waals surface area contributed by atoms with Crippen LogP contribution in [0.3, 0.4) is 0 Å². The Hall–Kier alpha value is -4.45. The molecule has 9 nitrogen and oxygen atoms in total. The van der Waals surface area contributed by atoms with Gasteiger partial charge in [0.2, 0.25) is 0 Å². The molecule has 0 unspecified atom stereocenters. The van der Waals surface area contributed by atoms with Gasteiger partial charge in [-0.1, -0.05) is 5.92 Å². The van der Waals surface area contributed by atoms with Gasteiger partial charge in [0.15, 0.2) is 5.82 Å². The van der Waals surface area contributed by atoms with Gasteiger partial charge in [0.1, 0.15) is 22.9 Å². The lowest BCUT2D eigenvalue weighted by molar-refractivity contribution is 0.0636. The largest absolute Gasteiger partial charge is 0.444 e. The molecule has 0 aliphatic carbocycles. The van der Waals surface area contributed by atoms with E-state index in [1.54, 1.807) is 17.6 Å². The molecule has 178 valence electrons. The number of carbonyl (C=O) groups excluding carboxylic acids is 1. The third kappa shape index (κ3) is 5.92. The minimum atomic E-state index is -0.619. The monoisotopic (exact) mass is 469 g/mol. The summed E-state index contributed by atoms with van der Waals surface area (Å²) in [5, 5.41) is 10.6. The van der Waals surface area contributed by atoms with Crippen molar-refractivity contribution < 1.29 is 9.53 Å². The SMILES string of the molecule is CC#Cc1cc(-c2ccn3nc(Nc4cc(C)nc(C)n4)cc3c2)c(NC(=O)OC(C)(C)C)cn1. The van der Waals surface area contributed by atoms with Gasteiger partial charge in [0.25, 0.3) is 0 Å². The number of amides is 1. The Balaban J connectivity index is 1.69. The summed E-state index contributed by atoms with van der Waals surface area (Å²) in [5.74, 6) is 7.85. The second-order valence-corrected chi connectivity index (χ2v) is 9.00. The normalized spacial score (nSPS) is 11.0. The van der Waals surface area contributed by atoms with Crippen LogP contribution in [-0.4, -0.2) is 36.3 Å². The van der Waals surface area contributed by atoms with Crippen LogP contribution in [0, 0.1) is 25.7 Å². The van der Waals surface area contributed by atoms with Gasteiger partial charge in [0, 0.05) is 29.6 Å². The van der Waals surface area contributed by atoms with Crippen LogP contribution in [0.4, 0.5) is 22.1 Å². The van der Waals surface area contributed by atoms with E-state index in [-0.39, 0.29) is 0 Å². The average molecular weight is 470 g/mol. The number of aryl methyl sites for hydroxylation is 2. The number of nitrogens with one attached hydrogen (secondary N) is 2. The molecular weight excluding hydrogens is 442 g/mol. The number of rotatable bonds is 4. The number of pyridine rings is 2. The van der Waals surface area contributed by atoms with Gasteiger partial charge in [-0.25, -0.2) is 24.3 Å². The molecule has 4 heterocycles. The second-order valence-electron chi connectivity index (χ2n) is 9.00. The fourth-order valence-electron chi connectivity index (χ4n) is 3.54. The lowest BCUT2D eigenvalue weighted by Gasteiger charge is -2.20. The molecule has 0 radical (unpaired) electrons. The van der Waals surface area contributed by atoms with Crippen LogP contribution >= 0.6 is 0 Å². The Morgan fingerprint density at radius 1 is 1.09 bits per heavy atom. The molecule has 35 heavy (non-hydrogen) atoms. The van der Waals surface area contributed by atoms with Crippen LogP contribution < -0.4 is 10.6 Å². The van der Waals surface area contributed by atoms with E-state index in [0.29, 0.717) is 28.8 Å². The predicted octanol–water partition coefficient (Wildman–Crippen LogP) is 5.27. The molecule has 0 fully saturated rings. The predicted molar refractivity (Wildman–Crippen MR) is 136 cm³/mol. The number of ether oxygens (including phenoxy) is 1. The Labute approximate surface area is 204 Å². The molecule has 0 atom stereocenters. The van der Waals surface area contributed by atoms with E-state index in [0.717, 1.165) is 22.3 Å². The van der Waals surface area contributed by atoms with E-state index in [9.17, 15) is 4.79 Å². The van der Waals surface area contributed by atoms with E-state index >= 15 is 0 Å². The Morgan fingerprint density at radius 3 is 2.60 bits per heavy atom. The first-order valence-electron chi connectivity index (χ1n) is 11.1. The van der Waals surface area contributed by atoms with Crippen LogP contribution in [0.5, 0.6) is 0 Å². The maximum Gasteiger partial charge on any atom is 0.412 e. The molecule has 1 amide bonds. The summed E-state index contributed by atoms with van der Waals surface area (Å²) in [6.45, 7) is 11.0. The van der Waals surface area contributed by atoms with Crippen molar-refractivity contribution >= 4 is 28.9 Å². The molecule has 0 saturated carbocycles. The summed E-state index contributed by atoms with van der Waals surface area (Å²) in [7, 11) is 0. The van der Waals surface area contributed by atoms with Gasteiger partial charge in [0.05, 0.1) is 17.4 Å². The standard InChI is InChI=1S/C26H27N7O2/c1-7-8-19-13-21(22(15-27-19)30-25(34)35-26(4,5)6)18-9-10-33-20(12-18)14-24(32-33)31-23-11-16(2)28-17(3)29-23/h9-15H,1-6H3,(H,30,34)(H,28,29,31,32). The van der Waals surface area contributed by atoms with Crippen molar-refractivity contribution in [2.24, 2.45) is 0 Å². The van der Waals surface area contributed by atoms with Crippen molar-refractivity contribution in [1.82, 2.24) is 24.6 Å². The summed E-state index contributed by atoms with van der Waals surface area (Å²) in [5.41, 5.74) is 3.87. The fraction of sp³-hybridized carbons (Fsp3) is 0.269. The molecule has 9 heteroatoms. The third-order valence-electron chi connectivity index (χ3n) is 4.79. The first-order valence-corrected chi connectivity index (χ1v) is 11.1. The number of nitrogens with zero attached hydrogens (tertiary/aromatic N) is 5. The number of aromatic nitrogens is 5. The number of fused-ring (bicyclic) bond motifs is 1. The molecule has 4 aromatic rings. The van der Waals surface area contributed by atoms with Crippen LogP contribution in [0.1, 0.15) is 44.9 Å². The highest BCUT2D eigenvalue weighted by atomic mass is 16.6. The van der Waals surface area contributed by atoms with Gasteiger partial charge in [-0.15, -0.1) is 0 Å². The maximum atomic E-state index is 12.4. The minimum Gasteiger partial charge on any atom is -0.444 e. The molecule has 0 aromatic carbocycles. The zero-order valence-electron chi connectivity index (χ0n) is 20.6. The summed E-state index contributed by atoms with van der Waals surface area (Å²) in [6.07, 6.45) is 2.89. The van der Waals surface area contributed by atoms with E-state index < -0.39 is 11.7 Å². The quantitative estimate of drug-likeness (QED) is 0.392. The number of carbonyl (C=O) groups is 1. The average Bonchev–Trinajstić information content (AvgIpc) is 3.14. The van der Waals surface area contributed by atoms with Crippen molar-refractivity contribution in [2.75, 3.05) is 10.6 Å². The molecule has 2 N–H and O–H groups in total. The van der Waals surface area contributed by atoms with Crippen LogP contribution in [-0.2, 0) is 4.74 Å². The lowest BCUT2D eigenvalue weighted by atomic mass is 10.0. The first kappa shape index (κ1) is 23.7. The molecule has 0 bridgehead atoms. The number of anilines is 3. The van der Waals surface area contributed by atoms with E-state index in [2.05, 4.69) is 42.5 Å². The smallest absolute Gasteiger partial charge is 0.412 e. The van der Waals surface area contributed by atoms with Crippen molar-refractivity contribution in [3.63, 3.8) is 0 Å². The van der Waals surface area contributed by atoms with Crippen LogP contribution in [0.2, 0.25) is 0 Å². The molecular formula is C26H27N7O2. The molecule has 4 aromatic heterocycles. The molecule has 0 aliphatic heterocycles. The van der Waals surface area contributed by atoms with Crippen molar-refractivity contribution in [3.8, 4) is 23.0 Å². The Morgan fingerprint density at radius 2 is 1.89 bits per heavy atom. The highest BCUT2D eigenvalue weighted by Crippen LogP contribution is 2.30. The van der Waals surface area contributed by atoms with Crippen molar-refractivity contribution in [2.45, 2.75) is 47.1 Å². The third-order valence-corrected chi connectivity index (χ3v) is 4.79. The summed E-state index contributed by atoms with van der Waals surface area (Å²) < 4.78 is 7.18. The van der Waals surface area contributed by atoms with E-state index in [4.69, 9.17) is 4.74 Å². The van der Waals surface area contributed by atoms with Gasteiger partial charge < -0.3 is 10.1 Å². The van der Waals surface area contributed by atoms with Gasteiger partial charge in [-0.2, -0.15) is 5.10 Å². The van der Waals surface area contributed by atoms with Crippen LogP contribution in [0.15, 0.2) is 42.7 Å².